The van der Waals surface area contributed by atoms with Gasteiger partial charge in [-0.3, -0.25) is 0 Å². The highest BCUT2D eigenvalue weighted by molar-refractivity contribution is 5.37. The van der Waals surface area contributed by atoms with Gasteiger partial charge in [0.1, 0.15) is 0 Å². The fraction of sp³-hybridized carbons (Fsp3) is 0.600. The van der Waals surface area contributed by atoms with E-state index in [0.717, 1.165) is 12.5 Å². The van der Waals surface area contributed by atoms with Crippen molar-refractivity contribution in [3.8, 4) is 0 Å². The Morgan fingerprint density at radius 3 is 2.31 bits per heavy atom. The van der Waals surface area contributed by atoms with Crippen LogP contribution < -0.4 is 5.32 Å². The number of nitrogens with one attached hydrogen (secondary N) is 1. The number of aryl methyl sites for hydroxylation is 3. The SMILES string of the molecule is Cc1cc(C)c(CNCCC2CC2)c(C)c1. The molecule has 1 aliphatic carbocycles. The van der Waals surface area contributed by atoms with Crippen molar-refractivity contribution in [1.29, 1.82) is 0 Å². The van der Waals surface area contributed by atoms with Crippen molar-refractivity contribution in [3.63, 3.8) is 0 Å². The molecule has 16 heavy (non-hydrogen) atoms. The van der Waals surface area contributed by atoms with E-state index in [1.807, 2.05) is 0 Å². The van der Waals surface area contributed by atoms with Crippen LogP contribution in [-0.2, 0) is 6.54 Å². The second kappa shape index (κ2) is 5.01. The Bertz CT molecular complexity index is 341. The summed E-state index contributed by atoms with van der Waals surface area (Å²) in [5.41, 5.74) is 5.71. The fourth-order valence-electron chi connectivity index (χ4n) is 2.41. The third kappa shape index (κ3) is 3.08. The molecule has 0 unspecified atom stereocenters. The fourth-order valence-corrected chi connectivity index (χ4v) is 2.41. The maximum atomic E-state index is 3.57. The lowest BCUT2D eigenvalue weighted by atomic mass is 10.00. The molecule has 88 valence electrons. The first-order valence-electron chi connectivity index (χ1n) is 6.44. The Labute approximate surface area is 99.3 Å². The van der Waals surface area contributed by atoms with E-state index in [-0.39, 0.29) is 0 Å². The summed E-state index contributed by atoms with van der Waals surface area (Å²) in [6.07, 6.45) is 4.29. The average molecular weight is 217 g/mol. The van der Waals surface area contributed by atoms with E-state index in [1.165, 1.54) is 48.1 Å². The molecule has 0 heterocycles. The summed E-state index contributed by atoms with van der Waals surface area (Å²) in [6, 6.07) is 4.57. The number of hydrogen-bond acceptors (Lipinski definition) is 1. The van der Waals surface area contributed by atoms with Gasteiger partial charge < -0.3 is 5.32 Å². The monoisotopic (exact) mass is 217 g/mol. The molecule has 0 radical (unpaired) electrons. The first kappa shape index (κ1) is 11.7. The third-order valence-corrected chi connectivity index (χ3v) is 3.57. The molecule has 2 rings (SSSR count). The summed E-state index contributed by atoms with van der Waals surface area (Å²) in [6.45, 7) is 8.82. The Balaban J connectivity index is 1.87. The Kier molecular flexibility index (Phi) is 3.65. The van der Waals surface area contributed by atoms with Crippen molar-refractivity contribution in [2.45, 2.75) is 46.6 Å². The van der Waals surface area contributed by atoms with Gasteiger partial charge in [-0.05, 0) is 56.3 Å². The minimum absolute atomic E-state index is 1.03. The molecule has 0 aromatic heterocycles. The minimum Gasteiger partial charge on any atom is -0.313 e. The summed E-state index contributed by atoms with van der Waals surface area (Å²) in [7, 11) is 0. The molecule has 1 aromatic rings. The molecule has 0 bridgehead atoms. The molecule has 1 nitrogen and oxygen atoms in total. The molecule has 0 atom stereocenters. The van der Waals surface area contributed by atoms with E-state index >= 15 is 0 Å². The van der Waals surface area contributed by atoms with Crippen molar-refractivity contribution in [2.75, 3.05) is 6.54 Å². The van der Waals surface area contributed by atoms with Crippen LogP contribution in [0.4, 0.5) is 0 Å². The molecule has 1 fully saturated rings. The topological polar surface area (TPSA) is 12.0 Å². The second-order valence-corrected chi connectivity index (χ2v) is 5.29. The quantitative estimate of drug-likeness (QED) is 0.744. The van der Waals surface area contributed by atoms with Crippen molar-refractivity contribution in [2.24, 2.45) is 5.92 Å². The van der Waals surface area contributed by atoms with E-state index in [9.17, 15) is 0 Å². The predicted molar refractivity (Wildman–Crippen MR) is 69.7 cm³/mol. The summed E-state index contributed by atoms with van der Waals surface area (Å²) >= 11 is 0. The second-order valence-electron chi connectivity index (χ2n) is 5.29. The van der Waals surface area contributed by atoms with Crippen LogP contribution in [0.3, 0.4) is 0 Å². The smallest absolute Gasteiger partial charge is 0.0210 e. The highest BCUT2D eigenvalue weighted by Gasteiger charge is 2.19. The summed E-state index contributed by atoms with van der Waals surface area (Å²) in [5.74, 6) is 1.03. The van der Waals surface area contributed by atoms with Gasteiger partial charge in [0.25, 0.3) is 0 Å². The van der Waals surface area contributed by atoms with Crippen molar-refractivity contribution in [1.82, 2.24) is 5.32 Å². The Hall–Kier alpha value is -0.820. The Morgan fingerprint density at radius 1 is 1.12 bits per heavy atom. The van der Waals surface area contributed by atoms with Crippen LogP contribution in [0, 0.1) is 26.7 Å². The molecule has 1 heteroatoms. The van der Waals surface area contributed by atoms with Gasteiger partial charge in [0.15, 0.2) is 0 Å². The van der Waals surface area contributed by atoms with Gasteiger partial charge in [-0.15, -0.1) is 0 Å². The lowest BCUT2D eigenvalue weighted by Gasteiger charge is -2.12. The van der Waals surface area contributed by atoms with E-state index in [4.69, 9.17) is 0 Å². The van der Waals surface area contributed by atoms with Gasteiger partial charge in [0, 0.05) is 6.54 Å². The molecule has 0 aliphatic heterocycles. The normalized spacial score (nSPS) is 15.4. The lowest BCUT2D eigenvalue weighted by Crippen LogP contribution is -2.16. The van der Waals surface area contributed by atoms with Gasteiger partial charge in [-0.1, -0.05) is 30.5 Å². The number of benzene rings is 1. The van der Waals surface area contributed by atoms with Crippen LogP contribution in [0.5, 0.6) is 0 Å². The average Bonchev–Trinajstić information content (AvgIpc) is 2.98. The van der Waals surface area contributed by atoms with Crippen molar-refractivity contribution in [3.05, 3.63) is 34.4 Å². The maximum absolute atomic E-state index is 3.57. The first-order valence-corrected chi connectivity index (χ1v) is 6.44. The van der Waals surface area contributed by atoms with Gasteiger partial charge in [-0.2, -0.15) is 0 Å². The van der Waals surface area contributed by atoms with Gasteiger partial charge in [-0.25, -0.2) is 0 Å². The Morgan fingerprint density at radius 2 is 1.75 bits per heavy atom. The molecular formula is C15H23N. The van der Waals surface area contributed by atoms with Crippen molar-refractivity contribution >= 4 is 0 Å². The molecule has 0 saturated heterocycles. The zero-order chi connectivity index (χ0) is 11.5. The molecule has 0 amide bonds. The van der Waals surface area contributed by atoms with Crippen LogP contribution in [0.25, 0.3) is 0 Å². The van der Waals surface area contributed by atoms with E-state index in [2.05, 4.69) is 38.2 Å². The van der Waals surface area contributed by atoms with Gasteiger partial charge in [0.2, 0.25) is 0 Å². The largest absolute Gasteiger partial charge is 0.313 e. The van der Waals surface area contributed by atoms with Gasteiger partial charge >= 0.3 is 0 Å². The first-order chi connectivity index (χ1) is 7.66. The standard InChI is InChI=1S/C15H23N/c1-11-8-12(2)15(13(3)9-11)10-16-7-6-14-4-5-14/h8-9,14,16H,4-7,10H2,1-3H3. The molecular weight excluding hydrogens is 194 g/mol. The summed E-state index contributed by atoms with van der Waals surface area (Å²) in [4.78, 5) is 0. The van der Waals surface area contributed by atoms with E-state index in [0.29, 0.717) is 0 Å². The lowest BCUT2D eigenvalue weighted by molar-refractivity contribution is 0.610. The molecule has 1 aliphatic rings. The molecule has 0 spiro atoms. The number of rotatable bonds is 5. The van der Waals surface area contributed by atoms with Crippen LogP contribution in [-0.4, -0.2) is 6.54 Å². The molecule has 1 saturated carbocycles. The van der Waals surface area contributed by atoms with Crippen LogP contribution in [0.2, 0.25) is 0 Å². The molecule has 1 aromatic carbocycles. The highest BCUT2D eigenvalue weighted by Crippen LogP contribution is 2.31. The zero-order valence-electron chi connectivity index (χ0n) is 10.8. The van der Waals surface area contributed by atoms with Crippen LogP contribution >= 0.6 is 0 Å². The number of hydrogen-bond donors (Lipinski definition) is 1. The molecule has 1 N–H and O–H groups in total. The zero-order valence-corrected chi connectivity index (χ0v) is 10.8. The highest BCUT2D eigenvalue weighted by atomic mass is 14.8. The predicted octanol–water partition coefficient (Wildman–Crippen LogP) is 3.50. The van der Waals surface area contributed by atoms with E-state index < -0.39 is 0 Å². The van der Waals surface area contributed by atoms with Gasteiger partial charge in [0.05, 0.1) is 0 Å². The van der Waals surface area contributed by atoms with E-state index in [1.54, 1.807) is 0 Å². The third-order valence-electron chi connectivity index (χ3n) is 3.57. The maximum Gasteiger partial charge on any atom is 0.0210 e. The van der Waals surface area contributed by atoms with Crippen LogP contribution in [0.15, 0.2) is 12.1 Å². The van der Waals surface area contributed by atoms with Crippen molar-refractivity contribution < 1.29 is 0 Å². The van der Waals surface area contributed by atoms with Crippen LogP contribution in [0.1, 0.15) is 41.5 Å². The summed E-state index contributed by atoms with van der Waals surface area (Å²) in [5, 5.41) is 3.57. The minimum atomic E-state index is 1.03. The summed E-state index contributed by atoms with van der Waals surface area (Å²) < 4.78 is 0.